The van der Waals surface area contributed by atoms with E-state index in [1.165, 1.54) is 7.05 Å². The van der Waals surface area contributed by atoms with E-state index in [1.54, 1.807) is 24.3 Å². The number of benzene rings is 2. The molecule has 0 saturated carbocycles. The van der Waals surface area contributed by atoms with Gasteiger partial charge in [0.15, 0.2) is 0 Å². The summed E-state index contributed by atoms with van der Waals surface area (Å²) in [6.45, 7) is 1.04. The highest BCUT2D eigenvalue weighted by Gasteiger charge is 2.41. The first-order chi connectivity index (χ1) is 10.9. The molecule has 0 heterocycles. The molecular weight excluding hydrogens is 296 g/mol. The Labute approximate surface area is 134 Å². The van der Waals surface area contributed by atoms with Crippen molar-refractivity contribution in [2.24, 2.45) is 0 Å². The maximum Gasteiger partial charge on any atom is 0.358 e. The van der Waals surface area contributed by atoms with Crippen LogP contribution in [-0.4, -0.2) is 39.9 Å². The first kappa shape index (κ1) is 16.7. The van der Waals surface area contributed by atoms with Crippen molar-refractivity contribution in [3.8, 4) is 11.1 Å². The van der Waals surface area contributed by atoms with E-state index in [0.717, 1.165) is 12.5 Å². The molecule has 6 heteroatoms. The predicted molar refractivity (Wildman–Crippen MR) is 85.4 cm³/mol. The number of aliphatic hydroxyl groups is 1. The van der Waals surface area contributed by atoms with Gasteiger partial charge >= 0.3 is 5.97 Å². The quantitative estimate of drug-likeness (QED) is 0.577. The number of amides is 1. The Morgan fingerprint density at radius 1 is 1.04 bits per heavy atom. The highest BCUT2D eigenvalue weighted by molar-refractivity contribution is 6.02. The van der Waals surface area contributed by atoms with Crippen molar-refractivity contribution in [1.29, 1.82) is 0 Å². The molecule has 0 aliphatic rings. The molecule has 0 radical (unpaired) electrons. The Morgan fingerprint density at radius 3 is 2.17 bits per heavy atom. The Bertz CT molecular complexity index is 714. The van der Waals surface area contributed by atoms with Gasteiger partial charge in [0.2, 0.25) is 0 Å². The van der Waals surface area contributed by atoms with Crippen molar-refractivity contribution in [1.82, 2.24) is 10.4 Å². The van der Waals surface area contributed by atoms with Crippen LogP contribution in [-0.2, 0) is 4.79 Å². The van der Waals surface area contributed by atoms with E-state index in [2.05, 4.69) is 5.43 Å². The zero-order valence-electron chi connectivity index (χ0n) is 12.9. The number of aliphatic carboxylic acids is 1. The Morgan fingerprint density at radius 2 is 1.61 bits per heavy atom. The minimum Gasteiger partial charge on any atom is -0.478 e. The molecule has 1 unspecified atom stereocenters. The molecule has 6 nitrogen and oxygen atoms in total. The molecule has 23 heavy (non-hydrogen) atoms. The lowest BCUT2D eigenvalue weighted by Gasteiger charge is -2.32. The summed E-state index contributed by atoms with van der Waals surface area (Å²) in [5.41, 5.74) is 1.83. The first-order valence-electron chi connectivity index (χ1n) is 7.01. The van der Waals surface area contributed by atoms with Crippen LogP contribution in [0.2, 0.25) is 0 Å². The third-order valence-corrected chi connectivity index (χ3v) is 3.51. The van der Waals surface area contributed by atoms with Gasteiger partial charge < -0.3 is 10.2 Å². The second kappa shape index (κ2) is 6.60. The number of carboxylic acids is 1. The number of nitrogens with one attached hydrogen (secondary N) is 1. The summed E-state index contributed by atoms with van der Waals surface area (Å²) in [5.74, 6) is -2.17. The number of hydrogen-bond donors (Lipinski definition) is 3. The molecule has 2 aromatic rings. The zero-order chi connectivity index (χ0) is 17.0. The molecule has 0 saturated heterocycles. The number of carbonyl (C=O) groups is 2. The normalized spacial score (nSPS) is 13.2. The van der Waals surface area contributed by atoms with Gasteiger partial charge in [-0.05, 0) is 24.1 Å². The van der Waals surface area contributed by atoms with Gasteiger partial charge in [0.05, 0.1) is 0 Å². The van der Waals surface area contributed by atoms with Crippen molar-refractivity contribution >= 4 is 11.9 Å². The Balaban J connectivity index is 2.50. The van der Waals surface area contributed by atoms with Crippen molar-refractivity contribution in [3.05, 3.63) is 60.2 Å². The van der Waals surface area contributed by atoms with Crippen molar-refractivity contribution < 1.29 is 19.8 Å². The molecule has 0 aromatic heterocycles. The van der Waals surface area contributed by atoms with Gasteiger partial charge in [-0.15, -0.1) is 0 Å². The fourth-order valence-corrected chi connectivity index (χ4v) is 2.27. The van der Waals surface area contributed by atoms with E-state index in [0.29, 0.717) is 10.6 Å². The van der Waals surface area contributed by atoms with Gasteiger partial charge in [-0.2, -0.15) is 0 Å². The van der Waals surface area contributed by atoms with Crippen molar-refractivity contribution in [2.75, 3.05) is 7.05 Å². The zero-order valence-corrected chi connectivity index (χ0v) is 12.9. The number of hydrazine groups is 1. The lowest BCUT2D eigenvalue weighted by atomic mass is 9.98. The standard InChI is InChI=1S/C17H18N2O4/c1-17(23,16(21)22)19(18-2)15(20)14-11-7-6-10-13(14)12-8-4-3-5-9-12/h3-11,18,23H,1-2H3,(H,21,22). The van der Waals surface area contributed by atoms with Crippen LogP contribution in [0.4, 0.5) is 0 Å². The van der Waals surface area contributed by atoms with E-state index >= 15 is 0 Å². The molecule has 1 atom stereocenters. The number of carboxylic acid groups (broad SMARTS) is 1. The molecular formula is C17H18N2O4. The highest BCUT2D eigenvalue weighted by Crippen LogP contribution is 2.25. The molecule has 0 spiro atoms. The van der Waals surface area contributed by atoms with E-state index < -0.39 is 17.6 Å². The van der Waals surface area contributed by atoms with E-state index in [-0.39, 0.29) is 5.56 Å². The third-order valence-electron chi connectivity index (χ3n) is 3.51. The van der Waals surface area contributed by atoms with Gasteiger partial charge in [-0.25, -0.2) is 15.2 Å². The summed E-state index contributed by atoms with van der Waals surface area (Å²) in [6.07, 6.45) is 0. The number of rotatable bonds is 5. The van der Waals surface area contributed by atoms with E-state index in [9.17, 15) is 14.7 Å². The minimum atomic E-state index is -2.38. The average molecular weight is 314 g/mol. The van der Waals surface area contributed by atoms with Crippen LogP contribution < -0.4 is 5.43 Å². The van der Waals surface area contributed by atoms with E-state index in [1.807, 2.05) is 30.3 Å². The highest BCUT2D eigenvalue weighted by atomic mass is 16.4. The lowest BCUT2D eigenvalue weighted by Crippen LogP contribution is -2.60. The van der Waals surface area contributed by atoms with Crippen LogP contribution in [0.25, 0.3) is 11.1 Å². The van der Waals surface area contributed by atoms with Crippen LogP contribution in [0.15, 0.2) is 54.6 Å². The SMILES string of the molecule is CNN(C(=O)c1ccccc1-c1ccccc1)C(C)(O)C(=O)O. The molecule has 0 aliphatic carbocycles. The summed E-state index contributed by atoms with van der Waals surface area (Å²) in [5, 5.41) is 19.9. The van der Waals surface area contributed by atoms with Crippen LogP contribution in [0.3, 0.4) is 0 Å². The van der Waals surface area contributed by atoms with Gasteiger partial charge in [-0.1, -0.05) is 48.5 Å². The van der Waals surface area contributed by atoms with Gasteiger partial charge in [0.1, 0.15) is 0 Å². The first-order valence-corrected chi connectivity index (χ1v) is 7.01. The second-order valence-corrected chi connectivity index (χ2v) is 5.10. The fourth-order valence-electron chi connectivity index (χ4n) is 2.27. The molecule has 0 aliphatic heterocycles. The fraction of sp³-hybridized carbons (Fsp3) is 0.176. The van der Waals surface area contributed by atoms with E-state index in [4.69, 9.17) is 5.11 Å². The molecule has 0 bridgehead atoms. The third kappa shape index (κ3) is 3.23. The number of nitrogens with zero attached hydrogens (tertiary/aromatic N) is 1. The topological polar surface area (TPSA) is 89.9 Å². The maximum atomic E-state index is 12.8. The second-order valence-electron chi connectivity index (χ2n) is 5.10. The molecule has 3 N–H and O–H groups in total. The predicted octanol–water partition coefficient (Wildman–Crippen LogP) is 1.72. The van der Waals surface area contributed by atoms with Crippen LogP contribution in [0.1, 0.15) is 17.3 Å². The number of carbonyl (C=O) groups excluding carboxylic acids is 1. The molecule has 0 fully saturated rings. The summed E-state index contributed by atoms with van der Waals surface area (Å²) >= 11 is 0. The maximum absolute atomic E-state index is 12.8. The monoisotopic (exact) mass is 314 g/mol. The largest absolute Gasteiger partial charge is 0.478 e. The average Bonchev–Trinajstić information content (AvgIpc) is 2.56. The minimum absolute atomic E-state index is 0.287. The van der Waals surface area contributed by atoms with Crippen LogP contribution in [0, 0.1) is 0 Å². The van der Waals surface area contributed by atoms with Crippen molar-refractivity contribution in [2.45, 2.75) is 12.6 Å². The lowest BCUT2D eigenvalue weighted by molar-refractivity contribution is -0.177. The van der Waals surface area contributed by atoms with Gasteiger partial charge in [0.25, 0.3) is 11.6 Å². The molecule has 120 valence electrons. The molecule has 1 amide bonds. The van der Waals surface area contributed by atoms with Gasteiger partial charge in [-0.3, -0.25) is 4.79 Å². The van der Waals surface area contributed by atoms with Crippen LogP contribution >= 0.6 is 0 Å². The summed E-state index contributed by atoms with van der Waals surface area (Å²) in [6, 6.07) is 16.1. The summed E-state index contributed by atoms with van der Waals surface area (Å²) in [4.78, 5) is 24.0. The van der Waals surface area contributed by atoms with Crippen LogP contribution in [0.5, 0.6) is 0 Å². The number of hydrogen-bond acceptors (Lipinski definition) is 4. The Hall–Kier alpha value is -2.70. The summed E-state index contributed by atoms with van der Waals surface area (Å²) < 4.78 is 0. The molecule has 2 aromatic carbocycles. The van der Waals surface area contributed by atoms with Crippen molar-refractivity contribution in [3.63, 3.8) is 0 Å². The molecule has 2 rings (SSSR count). The summed E-state index contributed by atoms with van der Waals surface area (Å²) in [7, 11) is 1.38. The Kier molecular flexibility index (Phi) is 4.78. The smallest absolute Gasteiger partial charge is 0.358 e. The van der Waals surface area contributed by atoms with Gasteiger partial charge in [0, 0.05) is 12.6 Å².